The van der Waals surface area contributed by atoms with E-state index in [1.807, 2.05) is 0 Å². The minimum Gasteiger partial charge on any atom is -0.391 e. The standard InChI is InChI=1S/C11H18N4O2/c12-8-9(13)14-11(17)15(10(8)16)6-7-4-2-1-3-5-7/h7H,1-6,12-13H2,(H,14,17). The topological polar surface area (TPSA) is 107 Å². The summed E-state index contributed by atoms with van der Waals surface area (Å²) in [6.45, 7) is 0.443. The fraction of sp³-hybridized carbons (Fsp3) is 0.636. The molecule has 1 aliphatic carbocycles. The van der Waals surface area contributed by atoms with Crippen LogP contribution in [0.1, 0.15) is 32.1 Å². The van der Waals surface area contributed by atoms with Crippen LogP contribution in [0.15, 0.2) is 9.59 Å². The van der Waals surface area contributed by atoms with Crippen LogP contribution in [-0.4, -0.2) is 9.55 Å². The van der Waals surface area contributed by atoms with E-state index in [2.05, 4.69) is 4.98 Å². The number of aromatic amines is 1. The third-order valence-corrected chi connectivity index (χ3v) is 3.42. The summed E-state index contributed by atoms with van der Waals surface area (Å²) in [5.41, 5.74) is 9.95. The third kappa shape index (κ3) is 2.35. The zero-order chi connectivity index (χ0) is 12.4. The van der Waals surface area contributed by atoms with E-state index in [0.29, 0.717) is 12.5 Å². The van der Waals surface area contributed by atoms with Crippen molar-refractivity contribution < 1.29 is 0 Å². The molecule has 0 saturated heterocycles. The van der Waals surface area contributed by atoms with Crippen molar-refractivity contribution >= 4 is 11.5 Å². The molecule has 0 amide bonds. The first-order valence-corrected chi connectivity index (χ1v) is 5.97. The van der Waals surface area contributed by atoms with Gasteiger partial charge in [0.1, 0.15) is 11.5 Å². The van der Waals surface area contributed by atoms with Gasteiger partial charge >= 0.3 is 5.69 Å². The number of rotatable bonds is 2. The Bertz CT molecular complexity index is 511. The van der Waals surface area contributed by atoms with Crippen LogP contribution >= 0.6 is 0 Å². The number of nitrogens with one attached hydrogen (secondary N) is 1. The quantitative estimate of drug-likeness (QED) is 0.687. The predicted octanol–water partition coefficient (Wildman–Crippen LogP) is 0.281. The van der Waals surface area contributed by atoms with Gasteiger partial charge in [0.05, 0.1) is 0 Å². The van der Waals surface area contributed by atoms with Gasteiger partial charge in [-0.3, -0.25) is 14.3 Å². The molecule has 0 radical (unpaired) electrons. The number of H-pyrrole nitrogens is 1. The van der Waals surface area contributed by atoms with Crippen molar-refractivity contribution in [2.45, 2.75) is 38.6 Å². The van der Waals surface area contributed by atoms with Crippen LogP contribution < -0.4 is 22.7 Å². The minimum atomic E-state index is -0.475. The lowest BCUT2D eigenvalue weighted by Gasteiger charge is -2.21. The summed E-state index contributed by atoms with van der Waals surface area (Å²) in [7, 11) is 0. The molecule has 1 saturated carbocycles. The number of hydrogen-bond donors (Lipinski definition) is 3. The van der Waals surface area contributed by atoms with Crippen molar-refractivity contribution in [3.63, 3.8) is 0 Å². The van der Waals surface area contributed by atoms with Crippen molar-refractivity contribution in [3.05, 3.63) is 20.8 Å². The summed E-state index contributed by atoms with van der Waals surface area (Å²) < 4.78 is 1.17. The maximum absolute atomic E-state index is 11.8. The summed E-state index contributed by atoms with van der Waals surface area (Å²) in [4.78, 5) is 25.9. The first kappa shape index (κ1) is 11.8. The average molecular weight is 238 g/mol. The lowest BCUT2D eigenvalue weighted by Crippen LogP contribution is -2.39. The van der Waals surface area contributed by atoms with Gasteiger partial charge in [-0.25, -0.2) is 4.79 Å². The molecule has 0 aliphatic heterocycles. The molecule has 0 unspecified atom stereocenters. The molecule has 1 fully saturated rings. The number of nitrogens with two attached hydrogens (primary N) is 2. The minimum absolute atomic E-state index is 0.0418. The predicted molar refractivity (Wildman–Crippen MR) is 66.7 cm³/mol. The van der Waals surface area contributed by atoms with Crippen molar-refractivity contribution in [2.75, 3.05) is 11.5 Å². The molecule has 17 heavy (non-hydrogen) atoms. The van der Waals surface area contributed by atoms with Gasteiger partial charge in [0.25, 0.3) is 5.56 Å². The largest absolute Gasteiger partial charge is 0.391 e. The fourth-order valence-corrected chi connectivity index (χ4v) is 2.40. The molecule has 94 valence electrons. The molecular weight excluding hydrogens is 220 g/mol. The fourth-order valence-electron chi connectivity index (χ4n) is 2.40. The number of anilines is 2. The van der Waals surface area contributed by atoms with Crippen LogP contribution in [0.25, 0.3) is 0 Å². The van der Waals surface area contributed by atoms with E-state index in [-0.39, 0.29) is 11.5 Å². The average Bonchev–Trinajstić information content (AvgIpc) is 2.33. The number of hydrogen-bond acceptors (Lipinski definition) is 4. The first-order valence-electron chi connectivity index (χ1n) is 5.97. The van der Waals surface area contributed by atoms with Gasteiger partial charge in [-0.05, 0) is 18.8 Å². The highest BCUT2D eigenvalue weighted by atomic mass is 16.2. The van der Waals surface area contributed by atoms with E-state index >= 15 is 0 Å². The van der Waals surface area contributed by atoms with Gasteiger partial charge in [0.2, 0.25) is 0 Å². The highest BCUT2D eigenvalue weighted by Crippen LogP contribution is 2.24. The van der Waals surface area contributed by atoms with Gasteiger partial charge in [-0.1, -0.05) is 19.3 Å². The Kier molecular flexibility index (Phi) is 3.21. The Morgan fingerprint density at radius 2 is 1.82 bits per heavy atom. The Hall–Kier alpha value is -1.72. The Morgan fingerprint density at radius 3 is 2.47 bits per heavy atom. The van der Waals surface area contributed by atoms with Crippen LogP contribution in [0.5, 0.6) is 0 Å². The zero-order valence-corrected chi connectivity index (χ0v) is 9.74. The van der Waals surface area contributed by atoms with Crippen molar-refractivity contribution in [1.82, 2.24) is 9.55 Å². The highest BCUT2D eigenvalue weighted by Gasteiger charge is 2.17. The molecule has 6 heteroatoms. The van der Waals surface area contributed by atoms with Gasteiger partial charge in [-0.15, -0.1) is 0 Å². The summed E-state index contributed by atoms with van der Waals surface area (Å²) >= 11 is 0. The molecule has 1 aromatic heterocycles. The van der Waals surface area contributed by atoms with Crippen molar-refractivity contribution in [2.24, 2.45) is 5.92 Å². The molecule has 0 spiro atoms. The molecule has 6 nitrogen and oxygen atoms in total. The molecule has 1 aromatic rings. The maximum Gasteiger partial charge on any atom is 0.330 e. The smallest absolute Gasteiger partial charge is 0.330 e. The second-order valence-corrected chi connectivity index (χ2v) is 4.68. The number of aromatic nitrogens is 2. The highest BCUT2D eigenvalue weighted by molar-refractivity contribution is 5.55. The normalized spacial score (nSPS) is 17.2. The Morgan fingerprint density at radius 1 is 1.18 bits per heavy atom. The van der Waals surface area contributed by atoms with Crippen LogP contribution in [0.2, 0.25) is 0 Å². The second kappa shape index (κ2) is 4.65. The maximum atomic E-state index is 11.8. The van der Waals surface area contributed by atoms with Crippen LogP contribution in [0, 0.1) is 5.92 Å². The molecule has 0 atom stereocenters. The summed E-state index contributed by atoms with van der Waals surface area (Å²) in [6, 6.07) is 0. The van der Waals surface area contributed by atoms with E-state index in [9.17, 15) is 9.59 Å². The van der Waals surface area contributed by atoms with E-state index in [4.69, 9.17) is 11.5 Å². The zero-order valence-electron chi connectivity index (χ0n) is 9.74. The molecular formula is C11H18N4O2. The van der Waals surface area contributed by atoms with Crippen LogP contribution in [0.4, 0.5) is 11.5 Å². The number of nitrogen functional groups attached to an aromatic ring is 2. The van der Waals surface area contributed by atoms with Crippen LogP contribution in [0.3, 0.4) is 0 Å². The molecule has 1 heterocycles. The molecule has 2 rings (SSSR count). The SMILES string of the molecule is Nc1[nH]c(=O)n(CC2CCCCC2)c(=O)c1N. The lowest BCUT2D eigenvalue weighted by molar-refractivity contribution is 0.312. The molecule has 0 bridgehead atoms. The van der Waals surface area contributed by atoms with Gasteiger partial charge in [-0.2, -0.15) is 0 Å². The summed E-state index contributed by atoms with van der Waals surface area (Å²) in [6.07, 6.45) is 5.71. The molecule has 5 N–H and O–H groups in total. The van der Waals surface area contributed by atoms with Gasteiger partial charge < -0.3 is 11.5 Å². The third-order valence-electron chi connectivity index (χ3n) is 3.42. The monoisotopic (exact) mass is 238 g/mol. The summed E-state index contributed by atoms with van der Waals surface area (Å²) in [5.74, 6) is 0.352. The van der Waals surface area contributed by atoms with E-state index in [0.717, 1.165) is 12.8 Å². The Balaban J connectivity index is 2.29. The lowest BCUT2D eigenvalue weighted by atomic mass is 9.89. The Labute approximate surface area is 98.6 Å². The van der Waals surface area contributed by atoms with Gasteiger partial charge in [0, 0.05) is 6.54 Å². The summed E-state index contributed by atoms with van der Waals surface area (Å²) in [5, 5.41) is 0. The van der Waals surface area contributed by atoms with E-state index in [1.165, 1.54) is 23.8 Å². The second-order valence-electron chi connectivity index (χ2n) is 4.68. The van der Waals surface area contributed by atoms with Crippen LogP contribution in [-0.2, 0) is 6.54 Å². The number of nitrogens with zero attached hydrogens (tertiary/aromatic N) is 1. The molecule has 0 aromatic carbocycles. The van der Waals surface area contributed by atoms with E-state index < -0.39 is 11.2 Å². The first-order chi connectivity index (χ1) is 8.09. The van der Waals surface area contributed by atoms with Crippen molar-refractivity contribution in [3.8, 4) is 0 Å². The van der Waals surface area contributed by atoms with E-state index in [1.54, 1.807) is 0 Å². The van der Waals surface area contributed by atoms with Crippen molar-refractivity contribution in [1.29, 1.82) is 0 Å². The van der Waals surface area contributed by atoms with Gasteiger partial charge in [0.15, 0.2) is 0 Å². The molecule has 1 aliphatic rings.